The highest BCUT2D eigenvalue weighted by Crippen LogP contribution is 2.26. The third kappa shape index (κ3) is 5.80. The lowest BCUT2D eigenvalue weighted by atomic mass is 9.96. The average Bonchev–Trinajstić information content (AvgIpc) is 2.68. The summed E-state index contributed by atoms with van der Waals surface area (Å²) in [4.78, 5) is 9.20. The molecule has 0 bridgehead atoms. The van der Waals surface area contributed by atoms with Crippen LogP contribution < -0.4 is 20.7 Å². The van der Waals surface area contributed by atoms with Crippen molar-refractivity contribution in [2.75, 3.05) is 47.8 Å². The Bertz CT molecular complexity index is 873. The fourth-order valence-corrected chi connectivity index (χ4v) is 4.13. The summed E-state index contributed by atoms with van der Waals surface area (Å²) < 4.78 is 27.1. The Morgan fingerprint density at radius 2 is 1.75 bits per heavy atom. The van der Waals surface area contributed by atoms with Crippen molar-refractivity contribution >= 4 is 27.5 Å². The summed E-state index contributed by atoms with van der Waals surface area (Å²) in [5, 5.41) is 9.55. The van der Waals surface area contributed by atoms with E-state index >= 15 is 0 Å². The number of sulfonamides is 1. The number of hydrogen-bond acceptors (Lipinski definition) is 7. The number of aromatic nitrogens is 2. The van der Waals surface area contributed by atoms with Gasteiger partial charge < -0.3 is 16.0 Å². The molecule has 0 radical (unpaired) electrons. The summed E-state index contributed by atoms with van der Waals surface area (Å²) in [6.45, 7) is 1.84. The maximum absolute atomic E-state index is 12.3. The number of nitrogens with zero attached hydrogens (tertiary/aromatic N) is 2. The van der Waals surface area contributed by atoms with E-state index in [1.807, 2.05) is 13.1 Å². The zero-order valence-corrected chi connectivity index (χ0v) is 17.0. The lowest BCUT2D eigenvalue weighted by Gasteiger charge is -2.20. The van der Waals surface area contributed by atoms with Gasteiger partial charge in [-0.1, -0.05) is 18.2 Å². The largest absolute Gasteiger partial charge is 0.368 e. The lowest BCUT2D eigenvalue weighted by Crippen LogP contribution is -2.24. The number of benzene rings is 1. The van der Waals surface area contributed by atoms with E-state index in [0.717, 1.165) is 50.3 Å². The van der Waals surface area contributed by atoms with Crippen molar-refractivity contribution in [3.05, 3.63) is 41.6 Å². The van der Waals surface area contributed by atoms with Crippen molar-refractivity contribution in [1.82, 2.24) is 15.3 Å². The van der Waals surface area contributed by atoms with Crippen LogP contribution in [0.2, 0.25) is 0 Å². The highest BCUT2D eigenvalue weighted by Gasteiger charge is 2.18. The molecule has 0 aliphatic heterocycles. The van der Waals surface area contributed by atoms with E-state index in [4.69, 9.17) is 0 Å². The van der Waals surface area contributed by atoms with Crippen LogP contribution in [-0.4, -0.2) is 50.8 Å². The molecule has 2 aromatic rings. The normalized spacial score (nSPS) is 13.6. The topological polar surface area (TPSA) is 108 Å². The number of anilines is 3. The van der Waals surface area contributed by atoms with Crippen LogP contribution in [0.25, 0.3) is 0 Å². The Kier molecular flexibility index (Phi) is 7.05. The number of para-hydroxylation sites is 1. The third-order valence-corrected chi connectivity index (χ3v) is 5.84. The number of fused-ring (bicyclic) bond motifs is 1. The predicted octanol–water partition coefficient (Wildman–Crippen LogP) is 1.84. The summed E-state index contributed by atoms with van der Waals surface area (Å²) >= 11 is 0. The predicted molar refractivity (Wildman–Crippen MR) is 113 cm³/mol. The monoisotopic (exact) mass is 404 g/mol. The van der Waals surface area contributed by atoms with Crippen molar-refractivity contribution in [2.24, 2.45) is 0 Å². The first-order chi connectivity index (χ1) is 13.6. The summed E-state index contributed by atoms with van der Waals surface area (Å²) in [6, 6.07) is 8.87. The molecule has 1 aliphatic rings. The highest BCUT2D eigenvalue weighted by atomic mass is 32.2. The second-order valence-electron chi connectivity index (χ2n) is 6.77. The van der Waals surface area contributed by atoms with Gasteiger partial charge >= 0.3 is 0 Å². The van der Waals surface area contributed by atoms with Gasteiger partial charge in [0.2, 0.25) is 16.0 Å². The van der Waals surface area contributed by atoms with Gasteiger partial charge in [-0.3, -0.25) is 4.72 Å². The molecule has 28 heavy (non-hydrogen) atoms. The molecule has 4 N–H and O–H groups in total. The van der Waals surface area contributed by atoms with Gasteiger partial charge in [0.1, 0.15) is 5.82 Å². The molecule has 1 heterocycles. The minimum absolute atomic E-state index is 0.0646. The van der Waals surface area contributed by atoms with Crippen molar-refractivity contribution in [3.8, 4) is 0 Å². The second kappa shape index (κ2) is 9.70. The molecule has 3 rings (SSSR count). The van der Waals surface area contributed by atoms with Crippen molar-refractivity contribution < 1.29 is 8.42 Å². The first-order valence-corrected chi connectivity index (χ1v) is 11.3. The zero-order chi connectivity index (χ0) is 19.8. The minimum atomic E-state index is -3.44. The first-order valence-electron chi connectivity index (χ1n) is 9.65. The summed E-state index contributed by atoms with van der Waals surface area (Å²) in [6.07, 6.45) is 4.18. The number of nitrogens with one attached hydrogen (secondary N) is 4. The smallest absolute Gasteiger partial charge is 0.234 e. The van der Waals surface area contributed by atoms with E-state index in [-0.39, 0.29) is 12.3 Å². The van der Waals surface area contributed by atoms with Gasteiger partial charge in [0.25, 0.3) is 0 Å². The summed E-state index contributed by atoms with van der Waals surface area (Å²) in [5.41, 5.74) is 2.80. The van der Waals surface area contributed by atoms with Gasteiger partial charge in [0.05, 0.1) is 11.4 Å². The van der Waals surface area contributed by atoms with Crippen LogP contribution in [0.15, 0.2) is 30.3 Å². The van der Waals surface area contributed by atoms with Crippen molar-refractivity contribution in [2.45, 2.75) is 25.7 Å². The fourth-order valence-electron chi connectivity index (χ4n) is 3.16. The van der Waals surface area contributed by atoms with Crippen LogP contribution in [-0.2, 0) is 22.9 Å². The van der Waals surface area contributed by atoms with Gasteiger partial charge in [-0.05, 0) is 44.9 Å². The summed E-state index contributed by atoms with van der Waals surface area (Å²) in [7, 11) is -1.53. The molecule has 0 spiro atoms. The average molecular weight is 405 g/mol. The number of likely N-dealkylation sites (N-methyl/N-ethyl adjacent to an activating group) is 1. The standard InChI is InChI=1S/C19H28N6O2S/c1-20-11-12-21-18-16-9-5-6-10-17(16)23-19(24-18)22-13-14-28(26,27)25-15-7-3-2-4-8-15/h2-4,7-8,20,25H,5-6,9-14H2,1H3,(H2,21,22,23,24). The SMILES string of the molecule is CNCCNc1nc(NCCS(=O)(=O)Nc2ccccc2)nc2c1CCCC2. The van der Waals surface area contributed by atoms with Gasteiger partial charge in [0.15, 0.2) is 0 Å². The van der Waals surface area contributed by atoms with Crippen LogP contribution in [0.1, 0.15) is 24.1 Å². The fraction of sp³-hybridized carbons (Fsp3) is 0.474. The van der Waals surface area contributed by atoms with Crippen LogP contribution in [0.4, 0.5) is 17.5 Å². The van der Waals surface area contributed by atoms with Crippen molar-refractivity contribution in [3.63, 3.8) is 0 Å². The Labute approximate surface area is 166 Å². The highest BCUT2D eigenvalue weighted by molar-refractivity contribution is 7.92. The first kappa shape index (κ1) is 20.3. The molecule has 0 saturated carbocycles. The van der Waals surface area contributed by atoms with Crippen LogP contribution in [0.3, 0.4) is 0 Å². The van der Waals surface area contributed by atoms with Gasteiger partial charge in [-0.25, -0.2) is 13.4 Å². The molecular formula is C19H28N6O2S. The molecule has 0 fully saturated rings. The Balaban J connectivity index is 1.62. The lowest BCUT2D eigenvalue weighted by molar-refractivity contribution is 0.601. The number of rotatable bonds is 10. The van der Waals surface area contributed by atoms with Gasteiger partial charge in [-0.15, -0.1) is 0 Å². The molecule has 1 aromatic carbocycles. The number of aryl methyl sites for hydroxylation is 1. The minimum Gasteiger partial charge on any atom is -0.368 e. The molecule has 8 nitrogen and oxygen atoms in total. The van der Waals surface area contributed by atoms with E-state index in [1.54, 1.807) is 24.3 Å². The molecule has 0 saturated heterocycles. The molecular weight excluding hydrogens is 376 g/mol. The molecule has 0 amide bonds. The zero-order valence-electron chi connectivity index (χ0n) is 16.2. The molecule has 0 atom stereocenters. The maximum Gasteiger partial charge on any atom is 0.234 e. The maximum atomic E-state index is 12.3. The quantitative estimate of drug-likeness (QED) is 0.448. The molecule has 1 aromatic heterocycles. The summed E-state index contributed by atoms with van der Waals surface area (Å²) in [5.74, 6) is 1.26. The van der Waals surface area contributed by atoms with Crippen molar-refractivity contribution in [1.29, 1.82) is 0 Å². The Morgan fingerprint density at radius 3 is 2.54 bits per heavy atom. The number of hydrogen-bond donors (Lipinski definition) is 4. The van der Waals surface area contributed by atoms with E-state index in [2.05, 4.69) is 30.6 Å². The van der Waals surface area contributed by atoms with Crippen LogP contribution >= 0.6 is 0 Å². The third-order valence-electron chi connectivity index (χ3n) is 4.55. The van der Waals surface area contributed by atoms with Crippen LogP contribution in [0.5, 0.6) is 0 Å². The van der Waals surface area contributed by atoms with Gasteiger partial charge in [-0.2, -0.15) is 4.98 Å². The Morgan fingerprint density at radius 1 is 0.964 bits per heavy atom. The van der Waals surface area contributed by atoms with E-state index < -0.39 is 10.0 Å². The molecule has 0 unspecified atom stereocenters. The Hall–Kier alpha value is -2.39. The molecule has 152 valence electrons. The molecule has 9 heteroatoms. The van der Waals surface area contributed by atoms with E-state index in [0.29, 0.717) is 11.6 Å². The van der Waals surface area contributed by atoms with E-state index in [9.17, 15) is 8.42 Å². The molecule has 1 aliphatic carbocycles. The van der Waals surface area contributed by atoms with Crippen LogP contribution in [0, 0.1) is 0 Å². The van der Waals surface area contributed by atoms with E-state index in [1.165, 1.54) is 5.56 Å². The van der Waals surface area contributed by atoms with Gasteiger partial charge in [0, 0.05) is 30.9 Å². The second-order valence-corrected chi connectivity index (χ2v) is 8.61.